The van der Waals surface area contributed by atoms with Crippen molar-refractivity contribution in [2.75, 3.05) is 43.3 Å². The van der Waals surface area contributed by atoms with Crippen molar-refractivity contribution in [1.82, 2.24) is 19.6 Å². The number of aromatic amines is 1. The number of aromatic nitrogens is 2. The molecule has 2 saturated heterocycles. The largest absolute Gasteiger partial charge is 0.375 e. The van der Waals surface area contributed by atoms with Gasteiger partial charge in [0, 0.05) is 25.3 Å². The maximum Gasteiger partial charge on any atom is 0.261 e. The Balaban J connectivity index is 0.000000278. The molecule has 0 amide bonds. The fraction of sp³-hybridized carbons (Fsp3) is 0.423. The number of H-pyrrole nitrogens is 1. The minimum Gasteiger partial charge on any atom is -0.375 e. The summed E-state index contributed by atoms with van der Waals surface area (Å²) in [7, 11) is 1.85. The summed E-state index contributed by atoms with van der Waals surface area (Å²) >= 11 is 1.24. The van der Waals surface area contributed by atoms with Crippen molar-refractivity contribution in [3.8, 4) is 6.07 Å². The van der Waals surface area contributed by atoms with Gasteiger partial charge in [0.1, 0.15) is 22.8 Å². The quantitative estimate of drug-likeness (QED) is 0.329. The van der Waals surface area contributed by atoms with Crippen molar-refractivity contribution in [2.45, 2.75) is 38.2 Å². The molecule has 1 spiro atoms. The Bertz CT molecular complexity index is 1360. The lowest BCUT2D eigenvalue weighted by Gasteiger charge is -2.32. The van der Waals surface area contributed by atoms with Crippen LogP contribution in [0.25, 0.3) is 10.9 Å². The number of anilines is 3. The van der Waals surface area contributed by atoms with Gasteiger partial charge in [-0.05, 0) is 70.1 Å². The van der Waals surface area contributed by atoms with Gasteiger partial charge < -0.3 is 25.1 Å². The number of nitrogens with zero attached hydrogens (tertiary/aromatic N) is 3. The van der Waals surface area contributed by atoms with E-state index in [1.165, 1.54) is 68.4 Å². The number of fused-ring (bicyclic) bond motifs is 1. The van der Waals surface area contributed by atoms with Crippen LogP contribution in [0.1, 0.15) is 38.2 Å². The van der Waals surface area contributed by atoms with Gasteiger partial charge in [-0.3, -0.25) is 4.79 Å². The number of benzene rings is 2. The normalized spacial score (nSPS) is 16.2. The molecule has 1 aromatic heterocycles. The van der Waals surface area contributed by atoms with Crippen LogP contribution in [0.2, 0.25) is 0 Å². The second kappa shape index (κ2) is 12.5. The fourth-order valence-corrected chi connectivity index (χ4v) is 5.03. The highest BCUT2D eigenvalue weighted by Gasteiger charge is 2.35. The Labute approximate surface area is 224 Å². The van der Waals surface area contributed by atoms with Crippen molar-refractivity contribution in [2.24, 2.45) is 0 Å². The maximum absolute atomic E-state index is 14.8. The first-order valence-electron chi connectivity index (χ1n) is 12.5. The highest BCUT2D eigenvalue weighted by Crippen LogP contribution is 2.34. The van der Waals surface area contributed by atoms with E-state index in [2.05, 4.69) is 25.3 Å². The average molecular weight is 544 g/mol. The zero-order chi connectivity index (χ0) is 27.1. The van der Waals surface area contributed by atoms with E-state index in [1.54, 1.807) is 0 Å². The van der Waals surface area contributed by atoms with Crippen LogP contribution in [0, 0.1) is 23.0 Å². The number of nitrogens with one attached hydrogen (secondary N) is 4. The predicted molar refractivity (Wildman–Crippen MR) is 146 cm³/mol. The molecule has 0 aliphatic carbocycles. The second-order valence-electron chi connectivity index (χ2n) is 9.16. The molecule has 0 bridgehead atoms. The third-order valence-corrected chi connectivity index (χ3v) is 7.61. The van der Waals surface area contributed by atoms with Gasteiger partial charge >= 0.3 is 0 Å². The molecule has 4 N–H and O–H groups in total. The molecular weight excluding hydrogens is 512 g/mol. The van der Waals surface area contributed by atoms with Gasteiger partial charge in [0.05, 0.1) is 34.5 Å². The SMILES string of the molecule is C1COC2(C1)CCNCC2.CCN(C)SNc1ccc(F)c(Nc2ccc3nc[nH]c(=O)c3c2F)c1C#N. The van der Waals surface area contributed by atoms with Gasteiger partial charge in [-0.25, -0.2) is 18.1 Å². The summed E-state index contributed by atoms with van der Waals surface area (Å²) in [6.07, 6.45) is 6.21. The summed E-state index contributed by atoms with van der Waals surface area (Å²) in [6, 6.07) is 7.32. The van der Waals surface area contributed by atoms with E-state index < -0.39 is 17.2 Å². The van der Waals surface area contributed by atoms with E-state index in [0.717, 1.165) is 26.2 Å². The van der Waals surface area contributed by atoms with Crippen molar-refractivity contribution in [3.63, 3.8) is 0 Å². The molecule has 2 aliphatic rings. The average Bonchev–Trinajstić information content (AvgIpc) is 3.38. The maximum atomic E-state index is 14.8. The van der Waals surface area contributed by atoms with Crippen LogP contribution in [0.3, 0.4) is 0 Å². The number of rotatable bonds is 6. The lowest BCUT2D eigenvalue weighted by atomic mass is 9.90. The molecule has 3 aromatic rings. The third kappa shape index (κ3) is 6.24. The van der Waals surface area contributed by atoms with Crippen LogP contribution in [0.4, 0.5) is 25.8 Å². The van der Waals surface area contributed by atoms with Crippen molar-refractivity contribution in [3.05, 3.63) is 58.1 Å². The van der Waals surface area contributed by atoms with Crippen LogP contribution in [0.5, 0.6) is 0 Å². The van der Waals surface area contributed by atoms with Gasteiger partial charge in [0.15, 0.2) is 5.82 Å². The minimum atomic E-state index is -0.881. The molecule has 2 aromatic carbocycles. The summed E-state index contributed by atoms with van der Waals surface area (Å²) in [5.41, 5.74) is -0.147. The zero-order valence-corrected chi connectivity index (χ0v) is 22.2. The summed E-state index contributed by atoms with van der Waals surface area (Å²) < 4.78 is 39.9. The monoisotopic (exact) mass is 543 g/mol. The molecule has 5 rings (SSSR count). The summed E-state index contributed by atoms with van der Waals surface area (Å²) in [6.45, 7) is 6.01. The first kappa shape index (κ1) is 27.8. The van der Waals surface area contributed by atoms with E-state index in [4.69, 9.17) is 4.74 Å². The Morgan fingerprint density at radius 2 is 1.97 bits per heavy atom. The number of piperidine rings is 1. The summed E-state index contributed by atoms with van der Waals surface area (Å²) in [5.74, 6) is -1.61. The van der Waals surface area contributed by atoms with Gasteiger partial charge in [-0.15, -0.1) is 0 Å². The number of hydrogen-bond donors (Lipinski definition) is 4. The van der Waals surface area contributed by atoms with Gasteiger partial charge in [-0.2, -0.15) is 5.26 Å². The van der Waals surface area contributed by atoms with Crippen LogP contribution >= 0.6 is 12.1 Å². The predicted octanol–water partition coefficient (Wildman–Crippen LogP) is 4.66. The molecule has 0 unspecified atom stereocenters. The molecule has 12 heteroatoms. The highest BCUT2D eigenvalue weighted by molar-refractivity contribution is 7.98. The standard InChI is InChI=1S/C18H16F2N6OS.C8H15NO/c1-3-26(2)28-25-12-5-4-11(19)17(10(12)8-21)24-14-7-6-13-15(16(14)20)18(27)23-9-22-13;1-2-8(10-7-1)3-5-9-6-4-8/h4-7,9,24-25H,3H2,1-2H3,(H,22,23,27);9H,1-7H2. The molecule has 38 heavy (non-hydrogen) atoms. The van der Waals surface area contributed by atoms with Crippen molar-refractivity contribution in [1.29, 1.82) is 5.26 Å². The van der Waals surface area contributed by atoms with Crippen LogP contribution in [-0.2, 0) is 4.74 Å². The lowest BCUT2D eigenvalue weighted by molar-refractivity contribution is -0.0190. The number of halogens is 2. The van der Waals surface area contributed by atoms with E-state index in [0.29, 0.717) is 11.3 Å². The van der Waals surface area contributed by atoms with Crippen molar-refractivity contribution >= 4 is 40.1 Å². The zero-order valence-electron chi connectivity index (χ0n) is 21.4. The van der Waals surface area contributed by atoms with Crippen molar-refractivity contribution < 1.29 is 13.5 Å². The molecule has 0 atom stereocenters. The number of ether oxygens (including phenoxy) is 1. The number of nitriles is 1. The summed E-state index contributed by atoms with van der Waals surface area (Å²) in [4.78, 5) is 18.1. The molecule has 202 valence electrons. The first-order valence-corrected chi connectivity index (χ1v) is 13.3. The Morgan fingerprint density at radius 1 is 1.21 bits per heavy atom. The van der Waals surface area contributed by atoms with E-state index in [-0.39, 0.29) is 27.8 Å². The van der Waals surface area contributed by atoms with Crippen LogP contribution in [-0.4, -0.2) is 53.2 Å². The second-order valence-corrected chi connectivity index (χ2v) is 10.2. The first-order chi connectivity index (χ1) is 18.4. The molecular formula is C26H31F2N7O2S. The minimum absolute atomic E-state index is 0.0170. The van der Waals surface area contributed by atoms with E-state index >= 15 is 0 Å². The van der Waals surface area contributed by atoms with Crippen LogP contribution in [0.15, 0.2) is 35.4 Å². The third-order valence-electron chi connectivity index (χ3n) is 6.73. The number of hydrogen-bond acceptors (Lipinski definition) is 9. The summed E-state index contributed by atoms with van der Waals surface area (Å²) in [5, 5.41) is 15.2. The van der Waals surface area contributed by atoms with E-state index in [9.17, 15) is 18.8 Å². The molecule has 3 heterocycles. The Hall–Kier alpha value is -3.24. The van der Waals surface area contributed by atoms with Crippen LogP contribution < -0.4 is 20.9 Å². The Morgan fingerprint density at radius 3 is 2.66 bits per heavy atom. The Kier molecular flexibility index (Phi) is 9.17. The smallest absolute Gasteiger partial charge is 0.261 e. The van der Waals surface area contributed by atoms with Gasteiger partial charge in [0.2, 0.25) is 0 Å². The molecule has 0 saturated carbocycles. The van der Waals surface area contributed by atoms with Gasteiger partial charge in [-0.1, -0.05) is 6.92 Å². The fourth-order valence-electron chi connectivity index (χ4n) is 4.48. The van der Waals surface area contributed by atoms with Gasteiger partial charge in [0.25, 0.3) is 5.56 Å². The molecule has 0 radical (unpaired) electrons. The molecule has 2 aliphatic heterocycles. The topological polar surface area (TPSA) is 118 Å². The van der Waals surface area contributed by atoms with E-state index in [1.807, 2.05) is 24.3 Å². The highest BCUT2D eigenvalue weighted by atomic mass is 32.2. The molecule has 2 fully saturated rings. The lowest BCUT2D eigenvalue weighted by Crippen LogP contribution is -2.41. The molecule has 9 nitrogen and oxygen atoms in total.